The number of aromatic nitrogens is 1. The number of carbonyl (C=O) groups is 1. The van der Waals surface area contributed by atoms with Crippen molar-refractivity contribution in [1.29, 1.82) is 0 Å². The van der Waals surface area contributed by atoms with Gasteiger partial charge in [-0.3, -0.25) is 4.79 Å². The van der Waals surface area contributed by atoms with Gasteiger partial charge >= 0.3 is 0 Å². The second kappa shape index (κ2) is 6.33. The first kappa shape index (κ1) is 10.6. The Labute approximate surface area is 68.3 Å². The summed E-state index contributed by atoms with van der Waals surface area (Å²) < 4.78 is 27.4. The zero-order valence-corrected chi connectivity index (χ0v) is 6.51. The highest BCUT2D eigenvalue weighted by Crippen LogP contribution is 1.96. The van der Waals surface area contributed by atoms with E-state index in [0.717, 1.165) is 12.3 Å². The molecule has 0 bridgehead atoms. The maximum Gasteiger partial charge on any atom is 0.293 e. The third-order valence-electron chi connectivity index (χ3n) is 0.847. The van der Waals surface area contributed by atoms with Gasteiger partial charge in [-0.25, -0.2) is 4.39 Å². The van der Waals surface area contributed by atoms with E-state index >= 15 is 0 Å². The number of ether oxygens (including phenoxy) is 1. The average molecular weight is 177 g/mol. The van der Waals surface area contributed by atoms with E-state index in [1.165, 1.54) is 0 Å². The van der Waals surface area contributed by atoms with Gasteiger partial charge in [0, 0.05) is 12.3 Å². The lowest BCUT2D eigenvalue weighted by Crippen LogP contribution is -1.80. The van der Waals surface area contributed by atoms with Crippen molar-refractivity contribution in [2.24, 2.45) is 0 Å². The number of carbonyl (C=O) groups excluding carboxylic acids is 1. The molecule has 0 unspecified atom stereocenters. The fourth-order valence-corrected chi connectivity index (χ4v) is 0.410. The van der Waals surface area contributed by atoms with Crippen molar-refractivity contribution < 1.29 is 18.3 Å². The number of aromatic amines is 1. The number of H-pyrrole nitrogens is 1. The Kier molecular flexibility index (Phi) is 5.60. The summed E-state index contributed by atoms with van der Waals surface area (Å²) in [4.78, 5) is 11.2. The molecular formula is C7H9F2NO2. The van der Waals surface area contributed by atoms with Gasteiger partial charge in [-0.2, -0.15) is 4.39 Å². The molecule has 0 fully saturated rings. The highest BCUT2D eigenvalue weighted by Gasteiger charge is 1.91. The SMILES string of the molecule is CCOC=O.Fc1c[nH]c(F)c1. The molecule has 1 aromatic heterocycles. The molecular weight excluding hydrogens is 168 g/mol. The first-order valence-electron chi connectivity index (χ1n) is 3.25. The van der Waals surface area contributed by atoms with Gasteiger partial charge in [-0.05, 0) is 6.92 Å². The van der Waals surface area contributed by atoms with E-state index in [1.807, 2.05) is 4.98 Å². The number of hydrogen-bond donors (Lipinski definition) is 1. The summed E-state index contributed by atoms with van der Waals surface area (Å²) in [6, 6.07) is 0.778. The molecule has 12 heavy (non-hydrogen) atoms. The van der Waals surface area contributed by atoms with Gasteiger partial charge < -0.3 is 9.72 Å². The molecule has 1 rings (SSSR count). The van der Waals surface area contributed by atoms with Gasteiger partial charge in [0.1, 0.15) is 5.82 Å². The predicted molar refractivity (Wildman–Crippen MR) is 38.4 cm³/mol. The minimum Gasteiger partial charge on any atom is -0.468 e. The molecule has 0 saturated carbocycles. The van der Waals surface area contributed by atoms with Crippen LogP contribution in [0.2, 0.25) is 0 Å². The average Bonchev–Trinajstić information content (AvgIpc) is 2.38. The fraction of sp³-hybridized carbons (Fsp3) is 0.286. The van der Waals surface area contributed by atoms with Crippen molar-refractivity contribution in [3.63, 3.8) is 0 Å². The van der Waals surface area contributed by atoms with Crippen LogP contribution in [0.25, 0.3) is 0 Å². The summed E-state index contributed by atoms with van der Waals surface area (Å²) in [5.41, 5.74) is 0. The van der Waals surface area contributed by atoms with E-state index in [-0.39, 0.29) is 0 Å². The molecule has 0 spiro atoms. The van der Waals surface area contributed by atoms with Gasteiger partial charge in [0.15, 0.2) is 5.95 Å². The second-order valence-corrected chi connectivity index (χ2v) is 1.72. The molecule has 68 valence electrons. The summed E-state index contributed by atoms with van der Waals surface area (Å²) in [5, 5.41) is 0. The first-order valence-corrected chi connectivity index (χ1v) is 3.25. The maximum absolute atomic E-state index is 11.7. The van der Waals surface area contributed by atoms with Crippen LogP contribution >= 0.6 is 0 Å². The van der Waals surface area contributed by atoms with Gasteiger partial charge in [-0.15, -0.1) is 0 Å². The fourth-order valence-electron chi connectivity index (χ4n) is 0.410. The van der Waals surface area contributed by atoms with Crippen molar-refractivity contribution in [3.8, 4) is 0 Å². The van der Waals surface area contributed by atoms with Crippen molar-refractivity contribution in [1.82, 2.24) is 4.98 Å². The number of hydrogen-bond acceptors (Lipinski definition) is 2. The zero-order chi connectivity index (χ0) is 9.40. The van der Waals surface area contributed by atoms with Crippen LogP contribution in [0.4, 0.5) is 8.78 Å². The molecule has 0 radical (unpaired) electrons. The maximum atomic E-state index is 11.7. The van der Waals surface area contributed by atoms with Gasteiger partial charge in [0.05, 0.1) is 6.61 Å². The van der Waals surface area contributed by atoms with Crippen molar-refractivity contribution in [2.75, 3.05) is 6.61 Å². The quantitative estimate of drug-likeness (QED) is 0.695. The van der Waals surface area contributed by atoms with E-state index in [0.29, 0.717) is 13.1 Å². The normalized spacial score (nSPS) is 8.25. The Hall–Kier alpha value is -1.39. The van der Waals surface area contributed by atoms with Crippen LogP contribution in [0.1, 0.15) is 6.92 Å². The summed E-state index contributed by atoms with van der Waals surface area (Å²) in [6.07, 6.45) is 0.954. The number of rotatable bonds is 2. The van der Waals surface area contributed by atoms with Crippen LogP contribution in [0.3, 0.4) is 0 Å². The molecule has 1 aromatic rings. The molecule has 0 aliphatic heterocycles. The molecule has 0 aliphatic rings. The molecule has 1 heterocycles. The van der Waals surface area contributed by atoms with Crippen LogP contribution in [0.15, 0.2) is 12.3 Å². The second-order valence-electron chi connectivity index (χ2n) is 1.72. The third-order valence-corrected chi connectivity index (χ3v) is 0.847. The van der Waals surface area contributed by atoms with Gasteiger partial charge in [0.2, 0.25) is 0 Å². The molecule has 0 amide bonds. The molecule has 3 nitrogen and oxygen atoms in total. The largest absolute Gasteiger partial charge is 0.468 e. The topological polar surface area (TPSA) is 42.1 Å². The monoisotopic (exact) mass is 177 g/mol. The summed E-state index contributed by atoms with van der Waals surface area (Å²) >= 11 is 0. The first-order chi connectivity index (χ1) is 5.70. The van der Waals surface area contributed by atoms with Crippen LogP contribution in [0.5, 0.6) is 0 Å². The van der Waals surface area contributed by atoms with Gasteiger partial charge in [0.25, 0.3) is 6.47 Å². The molecule has 0 aromatic carbocycles. The number of halogens is 2. The van der Waals surface area contributed by atoms with Crippen molar-refractivity contribution in [2.45, 2.75) is 6.92 Å². The lowest BCUT2D eigenvalue weighted by Gasteiger charge is -1.79. The third kappa shape index (κ3) is 5.40. The van der Waals surface area contributed by atoms with E-state index in [2.05, 4.69) is 4.74 Å². The molecule has 0 atom stereocenters. The highest BCUT2D eigenvalue weighted by atomic mass is 19.1. The van der Waals surface area contributed by atoms with Crippen molar-refractivity contribution in [3.05, 3.63) is 24.0 Å². The lowest BCUT2D eigenvalue weighted by molar-refractivity contribution is -0.128. The minimum atomic E-state index is -0.641. The Balaban J connectivity index is 0.000000217. The van der Waals surface area contributed by atoms with Crippen LogP contribution in [-0.2, 0) is 9.53 Å². The van der Waals surface area contributed by atoms with E-state index in [1.54, 1.807) is 6.92 Å². The van der Waals surface area contributed by atoms with Crippen LogP contribution < -0.4 is 0 Å². The summed E-state index contributed by atoms with van der Waals surface area (Å²) in [5.74, 6) is -1.21. The van der Waals surface area contributed by atoms with E-state index < -0.39 is 11.8 Å². The Morgan fingerprint density at radius 1 is 1.67 bits per heavy atom. The summed E-state index contributed by atoms with van der Waals surface area (Å²) in [7, 11) is 0. The van der Waals surface area contributed by atoms with Crippen LogP contribution in [-0.4, -0.2) is 18.1 Å². The summed E-state index contributed by atoms with van der Waals surface area (Å²) in [6.45, 7) is 2.66. The van der Waals surface area contributed by atoms with E-state index in [4.69, 9.17) is 0 Å². The number of nitrogens with one attached hydrogen (secondary N) is 1. The Morgan fingerprint density at radius 3 is 2.42 bits per heavy atom. The predicted octanol–water partition coefficient (Wildman–Crippen LogP) is 1.47. The zero-order valence-electron chi connectivity index (χ0n) is 6.51. The molecule has 0 saturated heterocycles. The minimum absolute atomic E-state index is 0.431. The Bertz CT molecular complexity index is 208. The molecule has 5 heteroatoms. The Morgan fingerprint density at radius 2 is 2.33 bits per heavy atom. The van der Waals surface area contributed by atoms with E-state index in [9.17, 15) is 13.6 Å². The van der Waals surface area contributed by atoms with Crippen molar-refractivity contribution >= 4 is 6.47 Å². The standard InChI is InChI=1S/C4H3F2N.C3H6O2/c5-3-1-4(6)7-2-3;1-2-5-3-4/h1-2,7H;3H,2H2,1H3. The smallest absolute Gasteiger partial charge is 0.293 e. The van der Waals surface area contributed by atoms with Gasteiger partial charge in [-0.1, -0.05) is 0 Å². The lowest BCUT2D eigenvalue weighted by atomic mass is 10.6. The van der Waals surface area contributed by atoms with Crippen LogP contribution in [0, 0.1) is 11.8 Å². The highest BCUT2D eigenvalue weighted by molar-refractivity contribution is 5.36. The molecule has 0 aliphatic carbocycles. The molecule has 1 N–H and O–H groups in total.